The van der Waals surface area contributed by atoms with Crippen LogP contribution in [0.2, 0.25) is 0 Å². The molecule has 1 atom stereocenters. The summed E-state index contributed by atoms with van der Waals surface area (Å²) in [6.45, 7) is 3.22. The monoisotopic (exact) mass is 366 g/mol. The Morgan fingerprint density at radius 2 is 1.56 bits per heavy atom. The number of hydrogen-bond donors (Lipinski definition) is 0. The van der Waals surface area contributed by atoms with Gasteiger partial charge in [0.2, 0.25) is 0 Å². The van der Waals surface area contributed by atoms with Gasteiger partial charge in [-0.3, -0.25) is 9.59 Å². The first-order valence-corrected chi connectivity index (χ1v) is 8.84. The number of hydrogen-bond acceptors (Lipinski definition) is 4. The van der Waals surface area contributed by atoms with E-state index in [9.17, 15) is 22.8 Å². The minimum Gasteiger partial charge on any atom is -0.466 e. The Balaban J connectivity index is 3.60. The third-order valence-corrected chi connectivity index (χ3v) is 3.45. The first-order valence-electron chi connectivity index (χ1n) is 8.84. The van der Waals surface area contributed by atoms with E-state index in [1.807, 2.05) is 0 Å². The molecule has 0 radical (unpaired) electrons. The highest BCUT2D eigenvalue weighted by molar-refractivity contribution is 5.72. The van der Waals surface area contributed by atoms with Gasteiger partial charge < -0.3 is 9.47 Å². The number of esters is 2. The first-order chi connectivity index (χ1) is 11.8. The molecule has 0 heterocycles. The largest absolute Gasteiger partial charge is 0.466 e. The van der Waals surface area contributed by atoms with Crippen molar-refractivity contribution in [1.82, 2.24) is 0 Å². The van der Waals surface area contributed by atoms with Gasteiger partial charge in [-0.2, -0.15) is 13.2 Å². The number of ether oxygens (including phenoxy) is 2. The fourth-order valence-corrected chi connectivity index (χ4v) is 1.91. The molecule has 0 aromatic rings. The van der Waals surface area contributed by atoms with Crippen molar-refractivity contribution in [1.29, 1.82) is 0 Å². The summed E-state index contributed by atoms with van der Waals surface area (Å²) in [5.74, 6) is -1.42. The molecule has 0 spiro atoms. The van der Waals surface area contributed by atoms with Crippen LogP contribution < -0.4 is 0 Å². The van der Waals surface area contributed by atoms with E-state index in [1.165, 1.54) is 19.3 Å². The Bertz CT molecular complexity index is 406. The summed E-state index contributed by atoms with van der Waals surface area (Å²) >= 11 is 0. The second-order valence-corrected chi connectivity index (χ2v) is 5.86. The average molecular weight is 366 g/mol. The van der Waals surface area contributed by atoms with Gasteiger partial charge in [0.1, 0.15) is 0 Å². The zero-order chi connectivity index (χ0) is 19.1. The fraction of sp³-hybridized carbons (Fsp3) is 0.778. The maximum atomic E-state index is 12.2. The van der Waals surface area contributed by atoms with Crippen molar-refractivity contribution in [3.63, 3.8) is 0 Å². The molecule has 0 amide bonds. The van der Waals surface area contributed by atoms with Crippen molar-refractivity contribution in [3.8, 4) is 0 Å². The van der Waals surface area contributed by atoms with Crippen LogP contribution in [0.3, 0.4) is 0 Å². The minimum absolute atomic E-state index is 0.0116. The van der Waals surface area contributed by atoms with Crippen LogP contribution in [0.5, 0.6) is 0 Å². The molecular weight excluding hydrogens is 337 g/mol. The van der Waals surface area contributed by atoms with E-state index in [0.29, 0.717) is 6.61 Å². The van der Waals surface area contributed by atoms with Crippen molar-refractivity contribution in [2.45, 2.75) is 83.9 Å². The van der Waals surface area contributed by atoms with E-state index < -0.39 is 24.2 Å². The highest BCUT2D eigenvalue weighted by atomic mass is 19.4. The lowest BCUT2D eigenvalue weighted by Gasteiger charge is -2.16. The van der Waals surface area contributed by atoms with Crippen LogP contribution in [0.4, 0.5) is 13.2 Å². The zero-order valence-electron chi connectivity index (χ0n) is 15.1. The summed E-state index contributed by atoms with van der Waals surface area (Å²) < 4.78 is 45.9. The van der Waals surface area contributed by atoms with Gasteiger partial charge >= 0.3 is 18.1 Å². The Morgan fingerprint density at radius 1 is 0.960 bits per heavy atom. The molecule has 0 aromatic heterocycles. The smallest absolute Gasteiger partial charge is 0.425 e. The van der Waals surface area contributed by atoms with E-state index in [-0.39, 0.29) is 19.3 Å². The van der Waals surface area contributed by atoms with Crippen molar-refractivity contribution >= 4 is 11.9 Å². The van der Waals surface area contributed by atoms with Gasteiger partial charge in [-0.05, 0) is 39.0 Å². The molecule has 0 rings (SSSR count). The summed E-state index contributed by atoms with van der Waals surface area (Å²) in [5.41, 5.74) is 0. The number of halogens is 3. The van der Waals surface area contributed by atoms with Crippen LogP contribution in [0, 0.1) is 0 Å². The maximum absolute atomic E-state index is 12.2. The van der Waals surface area contributed by atoms with Gasteiger partial charge in [-0.25, -0.2) is 0 Å². The predicted molar refractivity (Wildman–Crippen MR) is 88.9 cm³/mol. The zero-order valence-corrected chi connectivity index (χ0v) is 15.1. The van der Waals surface area contributed by atoms with Crippen LogP contribution in [0.1, 0.15) is 71.6 Å². The Morgan fingerprint density at radius 3 is 2.16 bits per heavy atom. The Hall–Kier alpha value is -1.53. The van der Waals surface area contributed by atoms with E-state index in [1.54, 1.807) is 0 Å². The normalized spacial score (nSPS) is 13.0. The number of alkyl halides is 3. The van der Waals surface area contributed by atoms with Crippen molar-refractivity contribution in [2.75, 3.05) is 6.61 Å². The van der Waals surface area contributed by atoms with Gasteiger partial charge in [-0.1, -0.05) is 31.9 Å². The number of carbonyl (C=O) groups is 2. The summed E-state index contributed by atoms with van der Waals surface area (Å²) in [6.07, 6.45) is 3.59. The predicted octanol–water partition coefficient (Wildman–Crippen LogP) is 5.11. The Labute approximate surface area is 147 Å². The SMILES string of the molecule is CCCCC/C=C/CCCOC(=O)CCCC(=O)OC(C)C(F)(F)F. The molecule has 0 aliphatic heterocycles. The summed E-state index contributed by atoms with van der Waals surface area (Å²) in [5, 5.41) is 0. The fourth-order valence-electron chi connectivity index (χ4n) is 1.91. The minimum atomic E-state index is -4.57. The second-order valence-electron chi connectivity index (χ2n) is 5.86. The van der Waals surface area contributed by atoms with Crippen LogP contribution in [-0.4, -0.2) is 30.8 Å². The third kappa shape index (κ3) is 14.5. The van der Waals surface area contributed by atoms with Crippen LogP contribution in [0.25, 0.3) is 0 Å². The topological polar surface area (TPSA) is 52.6 Å². The molecule has 1 unspecified atom stereocenters. The number of unbranched alkanes of at least 4 members (excludes halogenated alkanes) is 4. The highest BCUT2D eigenvalue weighted by Crippen LogP contribution is 2.22. The van der Waals surface area contributed by atoms with Gasteiger partial charge in [0, 0.05) is 12.8 Å². The Kier molecular flexibility index (Phi) is 12.9. The van der Waals surface area contributed by atoms with Crippen molar-refractivity contribution in [3.05, 3.63) is 12.2 Å². The van der Waals surface area contributed by atoms with Crippen molar-refractivity contribution in [2.24, 2.45) is 0 Å². The van der Waals surface area contributed by atoms with Crippen LogP contribution in [-0.2, 0) is 19.1 Å². The molecule has 0 aliphatic rings. The van der Waals surface area contributed by atoms with Gasteiger partial charge in [-0.15, -0.1) is 0 Å². The molecule has 0 saturated carbocycles. The molecule has 0 saturated heterocycles. The van der Waals surface area contributed by atoms with E-state index in [4.69, 9.17) is 4.74 Å². The van der Waals surface area contributed by atoms with E-state index in [0.717, 1.165) is 26.2 Å². The average Bonchev–Trinajstić information content (AvgIpc) is 2.52. The van der Waals surface area contributed by atoms with Crippen LogP contribution in [0.15, 0.2) is 12.2 Å². The third-order valence-electron chi connectivity index (χ3n) is 3.45. The van der Waals surface area contributed by atoms with Gasteiger partial charge in [0.05, 0.1) is 6.61 Å². The molecule has 0 bridgehead atoms. The first kappa shape index (κ1) is 23.5. The van der Waals surface area contributed by atoms with E-state index in [2.05, 4.69) is 23.8 Å². The number of carbonyl (C=O) groups excluding carboxylic acids is 2. The second kappa shape index (κ2) is 13.7. The molecule has 25 heavy (non-hydrogen) atoms. The number of allylic oxidation sites excluding steroid dienone is 2. The quantitative estimate of drug-likeness (QED) is 0.258. The van der Waals surface area contributed by atoms with Crippen molar-refractivity contribution < 1.29 is 32.2 Å². The molecule has 146 valence electrons. The summed E-state index contributed by atoms with van der Waals surface area (Å²) in [4.78, 5) is 22.7. The van der Waals surface area contributed by atoms with Crippen LogP contribution >= 0.6 is 0 Å². The molecular formula is C18H29F3O4. The maximum Gasteiger partial charge on any atom is 0.425 e. The lowest BCUT2D eigenvalue weighted by Crippen LogP contribution is -2.30. The van der Waals surface area contributed by atoms with Gasteiger partial charge in [0.25, 0.3) is 0 Å². The molecule has 0 fully saturated rings. The molecule has 0 aliphatic carbocycles. The lowest BCUT2D eigenvalue weighted by atomic mass is 10.2. The molecule has 7 heteroatoms. The highest BCUT2D eigenvalue weighted by Gasteiger charge is 2.38. The van der Waals surface area contributed by atoms with E-state index >= 15 is 0 Å². The molecule has 0 N–H and O–H groups in total. The summed E-state index contributed by atoms with van der Waals surface area (Å²) in [7, 11) is 0. The standard InChI is InChI=1S/C18H29F3O4/c1-3-4-5-6-7-8-9-10-14-24-16(22)12-11-13-17(23)25-15(2)18(19,20)21/h7-8,15H,3-6,9-14H2,1-2H3/b8-7+. The molecule has 0 aromatic carbocycles. The summed E-state index contributed by atoms with van der Waals surface area (Å²) in [6, 6.07) is 0. The number of rotatable bonds is 13. The molecule has 4 nitrogen and oxygen atoms in total. The van der Waals surface area contributed by atoms with Gasteiger partial charge in [0.15, 0.2) is 6.10 Å². The lowest BCUT2D eigenvalue weighted by molar-refractivity contribution is -0.216.